The lowest BCUT2D eigenvalue weighted by molar-refractivity contribution is 0.182. The number of anilines is 1. The van der Waals surface area contributed by atoms with Crippen molar-refractivity contribution in [3.63, 3.8) is 0 Å². The van der Waals surface area contributed by atoms with E-state index in [1.807, 2.05) is 43.3 Å². The molecule has 1 fully saturated rings. The maximum Gasteiger partial charge on any atom is 0.132 e. The Morgan fingerprint density at radius 3 is 2.65 bits per heavy atom. The van der Waals surface area contributed by atoms with Crippen molar-refractivity contribution in [2.24, 2.45) is 0 Å². The van der Waals surface area contributed by atoms with Crippen LogP contribution in [0.5, 0.6) is 0 Å². The molecule has 1 aliphatic rings. The van der Waals surface area contributed by atoms with Gasteiger partial charge in [-0.1, -0.05) is 30.3 Å². The van der Waals surface area contributed by atoms with Gasteiger partial charge in [-0.25, -0.2) is 9.97 Å². The average Bonchev–Trinajstić information content (AvgIpc) is 3.30. The number of rotatable bonds is 5. The zero-order valence-corrected chi connectivity index (χ0v) is 11.6. The summed E-state index contributed by atoms with van der Waals surface area (Å²) >= 11 is 0. The van der Waals surface area contributed by atoms with Crippen molar-refractivity contribution >= 4 is 5.82 Å². The molecule has 0 saturated heterocycles. The van der Waals surface area contributed by atoms with Gasteiger partial charge in [0.2, 0.25) is 0 Å². The second-order valence-corrected chi connectivity index (χ2v) is 5.27. The van der Waals surface area contributed by atoms with Crippen LogP contribution in [-0.4, -0.2) is 27.7 Å². The van der Waals surface area contributed by atoms with Gasteiger partial charge in [-0.05, 0) is 31.4 Å². The number of aryl methyl sites for hydroxylation is 1. The van der Waals surface area contributed by atoms with Gasteiger partial charge in [-0.3, -0.25) is 0 Å². The van der Waals surface area contributed by atoms with E-state index in [9.17, 15) is 5.11 Å². The van der Waals surface area contributed by atoms with Crippen LogP contribution < -0.4 is 4.90 Å². The molecule has 1 atom stereocenters. The summed E-state index contributed by atoms with van der Waals surface area (Å²) in [7, 11) is 0. The lowest BCUT2D eigenvalue weighted by Gasteiger charge is -2.26. The molecule has 0 bridgehead atoms. The topological polar surface area (TPSA) is 49.2 Å². The second kappa shape index (κ2) is 5.59. The number of aliphatic hydroxyl groups excluding tert-OH is 1. The van der Waals surface area contributed by atoms with Crippen LogP contribution in [0.1, 0.15) is 30.3 Å². The summed E-state index contributed by atoms with van der Waals surface area (Å²) in [5.74, 6) is 1.68. The molecular formula is C16H19N3O. The minimum atomic E-state index is -0.493. The minimum absolute atomic E-state index is 0.493. The highest BCUT2D eigenvalue weighted by molar-refractivity contribution is 5.41. The molecule has 20 heavy (non-hydrogen) atoms. The fourth-order valence-corrected chi connectivity index (χ4v) is 2.39. The molecule has 104 valence electrons. The Balaban J connectivity index is 1.78. The molecule has 0 unspecified atom stereocenters. The Labute approximate surface area is 119 Å². The van der Waals surface area contributed by atoms with Gasteiger partial charge in [-0.15, -0.1) is 0 Å². The van der Waals surface area contributed by atoms with Crippen molar-refractivity contribution in [3.05, 3.63) is 54.0 Å². The predicted molar refractivity (Wildman–Crippen MR) is 78.5 cm³/mol. The Morgan fingerprint density at radius 1 is 1.25 bits per heavy atom. The van der Waals surface area contributed by atoms with E-state index in [1.165, 1.54) is 12.8 Å². The molecule has 2 aromatic rings. The molecule has 0 spiro atoms. The first-order valence-electron chi connectivity index (χ1n) is 7.03. The number of aromatic nitrogens is 2. The monoisotopic (exact) mass is 269 g/mol. The van der Waals surface area contributed by atoms with Crippen LogP contribution in [-0.2, 0) is 0 Å². The standard InChI is InChI=1S/C16H19N3O/c1-12-17-10-9-16(18-12)19(14-7-8-14)11-15(20)13-5-3-2-4-6-13/h2-6,9-10,14-15,20H,7-8,11H2,1H3/t15-/m0/s1. The van der Waals surface area contributed by atoms with E-state index in [4.69, 9.17) is 0 Å². The van der Waals surface area contributed by atoms with Crippen molar-refractivity contribution in [1.82, 2.24) is 9.97 Å². The minimum Gasteiger partial charge on any atom is -0.387 e. The van der Waals surface area contributed by atoms with Gasteiger partial charge < -0.3 is 10.0 Å². The van der Waals surface area contributed by atoms with Crippen LogP contribution in [0, 0.1) is 6.92 Å². The van der Waals surface area contributed by atoms with Gasteiger partial charge in [0.1, 0.15) is 11.6 Å². The average molecular weight is 269 g/mol. The summed E-state index contributed by atoms with van der Waals surface area (Å²) < 4.78 is 0. The predicted octanol–water partition coefficient (Wildman–Crippen LogP) is 2.49. The van der Waals surface area contributed by atoms with Crippen LogP contribution in [0.25, 0.3) is 0 Å². The highest BCUT2D eigenvalue weighted by Crippen LogP contribution is 2.32. The summed E-state index contributed by atoms with van der Waals surface area (Å²) in [6.45, 7) is 2.47. The lowest BCUT2D eigenvalue weighted by atomic mass is 10.1. The third kappa shape index (κ3) is 2.96. The first kappa shape index (κ1) is 13.1. The number of benzene rings is 1. The van der Waals surface area contributed by atoms with E-state index >= 15 is 0 Å². The molecule has 1 aliphatic carbocycles. The van der Waals surface area contributed by atoms with E-state index in [0.717, 1.165) is 17.2 Å². The molecule has 0 aliphatic heterocycles. The Bertz CT molecular complexity index is 569. The third-order valence-corrected chi connectivity index (χ3v) is 3.60. The molecule has 4 heteroatoms. The molecular weight excluding hydrogens is 250 g/mol. The largest absolute Gasteiger partial charge is 0.387 e. The SMILES string of the molecule is Cc1nccc(N(C[C@H](O)c2ccccc2)C2CC2)n1. The lowest BCUT2D eigenvalue weighted by Crippen LogP contribution is -2.31. The molecule has 0 amide bonds. The van der Waals surface area contributed by atoms with Crippen LogP contribution >= 0.6 is 0 Å². The number of nitrogens with zero attached hydrogens (tertiary/aromatic N) is 3. The third-order valence-electron chi connectivity index (χ3n) is 3.60. The fraction of sp³-hybridized carbons (Fsp3) is 0.375. The van der Waals surface area contributed by atoms with E-state index in [2.05, 4.69) is 14.9 Å². The quantitative estimate of drug-likeness (QED) is 0.906. The molecule has 1 N–H and O–H groups in total. The normalized spacial score (nSPS) is 15.9. The first-order chi connectivity index (χ1) is 9.74. The first-order valence-corrected chi connectivity index (χ1v) is 7.03. The van der Waals surface area contributed by atoms with Crippen molar-refractivity contribution in [3.8, 4) is 0 Å². The molecule has 1 heterocycles. The van der Waals surface area contributed by atoms with Gasteiger partial charge >= 0.3 is 0 Å². The smallest absolute Gasteiger partial charge is 0.132 e. The highest BCUT2D eigenvalue weighted by Gasteiger charge is 2.31. The van der Waals surface area contributed by atoms with Gasteiger partial charge in [0, 0.05) is 18.8 Å². The van der Waals surface area contributed by atoms with Crippen LogP contribution in [0.2, 0.25) is 0 Å². The Morgan fingerprint density at radius 2 is 2.00 bits per heavy atom. The maximum atomic E-state index is 10.4. The fourth-order valence-electron chi connectivity index (χ4n) is 2.39. The van der Waals surface area contributed by atoms with Crippen molar-refractivity contribution < 1.29 is 5.11 Å². The highest BCUT2D eigenvalue weighted by atomic mass is 16.3. The zero-order valence-electron chi connectivity index (χ0n) is 11.6. The molecule has 1 aromatic carbocycles. The van der Waals surface area contributed by atoms with Crippen LogP contribution in [0.3, 0.4) is 0 Å². The summed E-state index contributed by atoms with van der Waals surface area (Å²) in [4.78, 5) is 10.8. The van der Waals surface area contributed by atoms with Crippen molar-refractivity contribution in [2.45, 2.75) is 31.9 Å². The van der Waals surface area contributed by atoms with Crippen molar-refractivity contribution in [2.75, 3.05) is 11.4 Å². The van der Waals surface area contributed by atoms with E-state index < -0.39 is 6.10 Å². The molecule has 4 nitrogen and oxygen atoms in total. The van der Waals surface area contributed by atoms with Gasteiger partial charge in [0.05, 0.1) is 6.10 Å². The Kier molecular flexibility index (Phi) is 3.65. The number of aliphatic hydroxyl groups is 1. The van der Waals surface area contributed by atoms with E-state index in [-0.39, 0.29) is 0 Å². The molecule has 1 aromatic heterocycles. The van der Waals surface area contributed by atoms with E-state index in [1.54, 1.807) is 6.20 Å². The summed E-state index contributed by atoms with van der Waals surface area (Å²) in [5, 5.41) is 10.4. The summed E-state index contributed by atoms with van der Waals surface area (Å²) in [6, 6.07) is 12.2. The van der Waals surface area contributed by atoms with Crippen molar-refractivity contribution in [1.29, 1.82) is 0 Å². The van der Waals surface area contributed by atoms with E-state index in [0.29, 0.717) is 12.6 Å². The zero-order chi connectivity index (χ0) is 13.9. The van der Waals surface area contributed by atoms with Gasteiger partial charge in [0.15, 0.2) is 0 Å². The number of hydrogen-bond donors (Lipinski definition) is 1. The maximum absolute atomic E-state index is 10.4. The van der Waals surface area contributed by atoms with Crippen LogP contribution in [0.4, 0.5) is 5.82 Å². The molecule has 1 saturated carbocycles. The van der Waals surface area contributed by atoms with Crippen LogP contribution in [0.15, 0.2) is 42.6 Å². The molecule has 0 radical (unpaired) electrons. The van der Waals surface area contributed by atoms with Gasteiger partial charge in [-0.2, -0.15) is 0 Å². The molecule has 3 rings (SSSR count). The van der Waals surface area contributed by atoms with Gasteiger partial charge in [0.25, 0.3) is 0 Å². The number of hydrogen-bond acceptors (Lipinski definition) is 4. The summed E-state index contributed by atoms with van der Waals surface area (Å²) in [6.07, 6.45) is 3.63. The second-order valence-electron chi connectivity index (χ2n) is 5.27. The Hall–Kier alpha value is -1.94. The summed E-state index contributed by atoms with van der Waals surface area (Å²) in [5.41, 5.74) is 0.948.